The Kier molecular flexibility index (Phi) is 1.73. The summed E-state index contributed by atoms with van der Waals surface area (Å²) in [7, 11) is 0. The molecule has 0 spiro atoms. The summed E-state index contributed by atoms with van der Waals surface area (Å²) >= 11 is 0. The fourth-order valence-electron chi connectivity index (χ4n) is 1.02. The molecule has 0 aliphatic carbocycles. The van der Waals surface area contributed by atoms with Gasteiger partial charge in [-0.15, -0.1) is 0 Å². The average Bonchev–Trinajstić information content (AvgIpc) is 1.61. The van der Waals surface area contributed by atoms with Gasteiger partial charge in [0.15, 0.2) is 0 Å². The standard InChI is InChI=1S/C7H12N2/c1-6(2)9-4-7(3-8)5-9/h6-7H,4-5H2,1-2H3. The first-order valence-corrected chi connectivity index (χ1v) is 3.37. The zero-order chi connectivity index (χ0) is 6.85. The Bertz CT molecular complexity index is 128. The maximum absolute atomic E-state index is 8.41. The van der Waals surface area contributed by atoms with Gasteiger partial charge < -0.3 is 0 Å². The fourth-order valence-corrected chi connectivity index (χ4v) is 1.02. The first-order chi connectivity index (χ1) is 4.24. The molecule has 0 aromatic carbocycles. The summed E-state index contributed by atoms with van der Waals surface area (Å²) in [6.45, 7) is 6.28. The van der Waals surface area contributed by atoms with E-state index in [4.69, 9.17) is 5.26 Å². The number of nitriles is 1. The lowest BCUT2D eigenvalue weighted by molar-refractivity contribution is 0.0981. The molecule has 1 aliphatic rings. The van der Waals surface area contributed by atoms with Crippen molar-refractivity contribution < 1.29 is 0 Å². The monoisotopic (exact) mass is 124 g/mol. The van der Waals surface area contributed by atoms with Crippen molar-refractivity contribution in [1.82, 2.24) is 4.90 Å². The Morgan fingerprint density at radius 3 is 2.44 bits per heavy atom. The van der Waals surface area contributed by atoms with Gasteiger partial charge in [0, 0.05) is 19.1 Å². The molecule has 0 saturated carbocycles. The van der Waals surface area contributed by atoms with Crippen LogP contribution in [0.5, 0.6) is 0 Å². The predicted octanol–water partition coefficient (Wildman–Crippen LogP) is 0.850. The summed E-state index contributed by atoms with van der Waals surface area (Å²) < 4.78 is 0. The van der Waals surface area contributed by atoms with Crippen LogP contribution in [0.25, 0.3) is 0 Å². The third-order valence-corrected chi connectivity index (χ3v) is 1.82. The molecular formula is C7H12N2. The van der Waals surface area contributed by atoms with E-state index >= 15 is 0 Å². The Morgan fingerprint density at radius 1 is 1.56 bits per heavy atom. The summed E-state index contributed by atoms with van der Waals surface area (Å²) in [6.07, 6.45) is 0. The molecule has 1 aliphatic heterocycles. The van der Waals surface area contributed by atoms with Crippen LogP contribution in [0.4, 0.5) is 0 Å². The van der Waals surface area contributed by atoms with Gasteiger partial charge in [0.05, 0.1) is 12.0 Å². The largest absolute Gasteiger partial charge is 0.298 e. The lowest BCUT2D eigenvalue weighted by Crippen LogP contribution is -2.49. The second-order valence-corrected chi connectivity index (χ2v) is 2.87. The predicted molar refractivity (Wildman–Crippen MR) is 35.8 cm³/mol. The Labute approximate surface area is 56.1 Å². The summed E-state index contributed by atoms with van der Waals surface area (Å²) in [4.78, 5) is 2.30. The molecule has 2 nitrogen and oxygen atoms in total. The summed E-state index contributed by atoms with van der Waals surface area (Å²) in [6, 6.07) is 2.86. The van der Waals surface area contributed by atoms with Crippen LogP contribution in [0.1, 0.15) is 13.8 Å². The molecule has 1 fully saturated rings. The van der Waals surface area contributed by atoms with Crippen LogP contribution in [0.3, 0.4) is 0 Å². The molecule has 1 heterocycles. The third kappa shape index (κ3) is 1.22. The second kappa shape index (κ2) is 2.36. The highest BCUT2D eigenvalue weighted by Crippen LogP contribution is 2.16. The summed E-state index contributed by atoms with van der Waals surface area (Å²) in [5, 5.41) is 8.41. The Morgan fingerprint density at radius 2 is 2.11 bits per heavy atom. The molecular weight excluding hydrogens is 112 g/mol. The minimum atomic E-state index is 0.312. The van der Waals surface area contributed by atoms with Gasteiger partial charge in [0.2, 0.25) is 0 Å². The zero-order valence-corrected chi connectivity index (χ0v) is 5.96. The van der Waals surface area contributed by atoms with Crippen molar-refractivity contribution in [3.63, 3.8) is 0 Å². The van der Waals surface area contributed by atoms with Gasteiger partial charge in [0.25, 0.3) is 0 Å². The van der Waals surface area contributed by atoms with Crippen molar-refractivity contribution in [3.8, 4) is 6.07 Å². The number of hydrogen-bond donors (Lipinski definition) is 0. The Hall–Kier alpha value is -0.550. The molecule has 0 unspecified atom stereocenters. The van der Waals surface area contributed by atoms with Crippen molar-refractivity contribution in [3.05, 3.63) is 0 Å². The van der Waals surface area contributed by atoms with Crippen LogP contribution in [0, 0.1) is 17.2 Å². The van der Waals surface area contributed by atoms with Crippen molar-refractivity contribution >= 4 is 0 Å². The first-order valence-electron chi connectivity index (χ1n) is 3.37. The minimum absolute atomic E-state index is 0.312. The van der Waals surface area contributed by atoms with Crippen LogP contribution in [0.2, 0.25) is 0 Å². The van der Waals surface area contributed by atoms with Crippen LogP contribution >= 0.6 is 0 Å². The van der Waals surface area contributed by atoms with E-state index in [9.17, 15) is 0 Å². The highest BCUT2D eigenvalue weighted by atomic mass is 15.2. The van der Waals surface area contributed by atoms with Crippen molar-refractivity contribution in [2.75, 3.05) is 13.1 Å². The van der Waals surface area contributed by atoms with Crippen LogP contribution < -0.4 is 0 Å². The maximum Gasteiger partial charge on any atom is 0.0717 e. The normalized spacial score (nSPS) is 21.6. The van der Waals surface area contributed by atoms with Crippen molar-refractivity contribution in [1.29, 1.82) is 5.26 Å². The van der Waals surface area contributed by atoms with E-state index in [1.54, 1.807) is 0 Å². The number of hydrogen-bond acceptors (Lipinski definition) is 2. The van der Waals surface area contributed by atoms with E-state index in [-0.39, 0.29) is 0 Å². The van der Waals surface area contributed by atoms with Crippen LogP contribution in [0.15, 0.2) is 0 Å². The Balaban J connectivity index is 2.21. The molecule has 1 saturated heterocycles. The molecule has 0 amide bonds. The summed E-state index contributed by atoms with van der Waals surface area (Å²) in [5.74, 6) is 0.312. The van der Waals surface area contributed by atoms with Gasteiger partial charge >= 0.3 is 0 Å². The topological polar surface area (TPSA) is 27.0 Å². The molecule has 0 atom stereocenters. The number of likely N-dealkylation sites (tertiary alicyclic amines) is 1. The summed E-state index contributed by atoms with van der Waals surface area (Å²) in [5.41, 5.74) is 0. The SMILES string of the molecule is CC(C)N1CC(C#N)C1. The van der Waals surface area contributed by atoms with Gasteiger partial charge in [0.1, 0.15) is 0 Å². The highest BCUT2D eigenvalue weighted by Gasteiger charge is 2.27. The maximum atomic E-state index is 8.41. The molecule has 0 aromatic rings. The van der Waals surface area contributed by atoms with Crippen molar-refractivity contribution in [2.45, 2.75) is 19.9 Å². The van der Waals surface area contributed by atoms with Crippen LogP contribution in [-0.4, -0.2) is 24.0 Å². The number of rotatable bonds is 1. The second-order valence-electron chi connectivity index (χ2n) is 2.87. The molecule has 1 rings (SSSR count). The van der Waals surface area contributed by atoms with E-state index < -0.39 is 0 Å². The van der Waals surface area contributed by atoms with Gasteiger partial charge in [-0.2, -0.15) is 5.26 Å². The smallest absolute Gasteiger partial charge is 0.0717 e. The molecule has 0 radical (unpaired) electrons. The minimum Gasteiger partial charge on any atom is -0.298 e. The molecule has 2 heteroatoms. The van der Waals surface area contributed by atoms with E-state index in [1.807, 2.05) is 0 Å². The van der Waals surface area contributed by atoms with E-state index in [0.717, 1.165) is 13.1 Å². The average molecular weight is 124 g/mol. The first kappa shape index (κ1) is 6.57. The van der Waals surface area contributed by atoms with Crippen molar-refractivity contribution in [2.24, 2.45) is 5.92 Å². The third-order valence-electron chi connectivity index (χ3n) is 1.82. The molecule has 0 bridgehead atoms. The van der Waals surface area contributed by atoms with E-state index in [1.165, 1.54) is 0 Å². The van der Waals surface area contributed by atoms with Gasteiger partial charge in [-0.3, -0.25) is 4.90 Å². The highest BCUT2D eigenvalue weighted by molar-refractivity contribution is 4.95. The zero-order valence-electron chi connectivity index (χ0n) is 5.96. The van der Waals surface area contributed by atoms with Crippen LogP contribution in [-0.2, 0) is 0 Å². The fraction of sp³-hybridized carbons (Fsp3) is 0.857. The van der Waals surface area contributed by atoms with Gasteiger partial charge in [-0.05, 0) is 13.8 Å². The molecule has 50 valence electrons. The quantitative estimate of drug-likeness (QED) is 0.518. The molecule has 0 aromatic heterocycles. The molecule has 0 N–H and O–H groups in total. The lowest BCUT2D eigenvalue weighted by atomic mass is 10.0. The lowest BCUT2D eigenvalue weighted by Gasteiger charge is -2.38. The number of nitrogens with zero attached hydrogens (tertiary/aromatic N) is 2. The van der Waals surface area contributed by atoms with E-state index in [2.05, 4.69) is 24.8 Å². The van der Waals surface area contributed by atoms with Gasteiger partial charge in [-0.1, -0.05) is 0 Å². The van der Waals surface area contributed by atoms with E-state index in [0.29, 0.717) is 12.0 Å². The molecule has 9 heavy (non-hydrogen) atoms. The van der Waals surface area contributed by atoms with Gasteiger partial charge in [-0.25, -0.2) is 0 Å².